The number of nitrogens with one attached hydrogen (secondary N) is 1. The number of aromatic nitrogens is 1. The first-order valence-corrected chi connectivity index (χ1v) is 3.16. The van der Waals surface area contributed by atoms with E-state index in [0.29, 0.717) is 17.4 Å². The normalized spacial score (nSPS) is 9.36. The Morgan fingerprint density at radius 2 is 1.82 bits per heavy atom. The lowest BCUT2D eigenvalue weighted by atomic mass is 10.5. The van der Waals surface area contributed by atoms with Crippen molar-refractivity contribution in [1.82, 2.24) is 4.98 Å². The maximum Gasteiger partial charge on any atom is 0.238 e. The molecule has 0 saturated carbocycles. The third kappa shape index (κ3) is 1.24. The molecule has 1 rings (SSSR count). The monoisotopic (exact) mass is 157 g/mol. The first-order chi connectivity index (χ1) is 5.33. The fourth-order valence-corrected chi connectivity index (χ4v) is 0.871. The molecule has 0 aliphatic carbocycles. The van der Waals surface area contributed by atoms with E-state index in [4.69, 9.17) is 14.2 Å². The average molecular weight is 157 g/mol. The highest BCUT2D eigenvalue weighted by Crippen LogP contribution is 2.35. The van der Waals surface area contributed by atoms with Crippen LogP contribution in [0.1, 0.15) is 0 Å². The van der Waals surface area contributed by atoms with Crippen molar-refractivity contribution in [2.45, 2.75) is 0 Å². The lowest BCUT2D eigenvalue weighted by molar-refractivity contribution is 0.327. The summed E-state index contributed by atoms with van der Waals surface area (Å²) < 4.78 is 15.0. The van der Waals surface area contributed by atoms with E-state index < -0.39 is 0 Å². The van der Waals surface area contributed by atoms with Gasteiger partial charge in [-0.05, 0) is 0 Å². The molecule has 0 unspecified atom stereocenters. The summed E-state index contributed by atoms with van der Waals surface area (Å²) in [7, 11) is 4.70. The van der Waals surface area contributed by atoms with E-state index in [2.05, 4.69) is 4.98 Å². The van der Waals surface area contributed by atoms with Crippen LogP contribution in [0.15, 0.2) is 6.20 Å². The Bertz CT molecular complexity index is 210. The Balaban J connectivity index is 2.99. The summed E-state index contributed by atoms with van der Waals surface area (Å²) in [6, 6.07) is 0. The third-order valence-electron chi connectivity index (χ3n) is 1.39. The fourth-order valence-electron chi connectivity index (χ4n) is 0.871. The van der Waals surface area contributed by atoms with Gasteiger partial charge >= 0.3 is 0 Å². The van der Waals surface area contributed by atoms with E-state index in [1.807, 2.05) is 0 Å². The highest BCUT2D eigenvalue weighted by molar-refractivity contribution is 5.47. The fraction of sp³-hybridized carbons (Fsp3) is 0.429. The maximum atomic E-state index is 5.02. The lowest BCUT2D eigenvalue weighted by Crippen LogP contribution is -1.89. The molecule has 0 aliphatic rings. The predicted octanol–water partition coefficient (Wildman–Crippen LogP) is 1.04. The molecule has 4 heteroatoms. The van der Waals surface area contributed by atoms with E-state index in [1.165, 1.54) is 0 Å². The van der Waals surface area contributed by atoms with Crippen LogP contribution in [0.25, 0.3) is 0 Å². The molecule has 0 fully saturated rings. The third-order valence-corrected chi connectivity index (χ3v) is 1.39. The van der Waals surface area contributed by atoms with Crippen molar-refractivity contribution in [2.75, 3.05) is 21.3 Å². The number of ether oxygens (including phenoxy) is 3. The van der Waals surface area contributed by atoms with Crippen molar-refractivity contribution in [3.63, 3.8) is 0 Å². The molecule has 0 aliphatic heterocycles. The highest BCUT2D eigenvalue weighted by atomic mass is 16.5. The van der Waals surface area contributed by atoms with Gasteiger partial charge in [0.1, 0.15) is 0 Å². The number of hydrogen-bond acceptors (Lipinski definition) is 3. The topological polar surface area (TPSA) is 43.5 Å². The van der Waals surface area contributed by atoms with Crippen molar-refractivity contribution in [1.29, 1.82) is 0 Å². The Morgan fingerprint density at radius 1 is 1.09 bits per heavy atom. The van der Waals surface area contributed by atoms with E-state index >= 15 is 0 Å². The smallest absolute Gasteiger partial charge is 0.238 e. The van der Waals surface area contributed by atoms with Crippen LogP contribution in [0.2, 0.25) is 0 Å². The van der Waals surface area contributed by atoms with E-state index in [1.54, 1.807) is 27.5 Å². The lowest BCUT2D eigenvalue weighted by Gasteiger charge is -2.02. The van der Waals surface area contributed by atoms with Crippen LogP contribution in [-0.2, 0) is 0 Å². The van der Waals surface area contributed by atoms with Crippen LogP contribution in [0.3, 0.4) is 0 Å². The standard InChI is InChI=1S/C7H11NO3/c1-9-5-4-8-7(11-3)6(5)10-2/h4,8H,1-3H3. The molecule has 0 spiro atoms. The van der Waals surface area contributed by atoms with Crippen molar-refractivity contribution in [3.05, 3.63) is 6.20 Å². The summed E-state index contributed by atoms with van der Waals surface area (Å²) in [6.45, 7) is 0. The zero-order valence-corrected chi connectivity index (χ0v) is 6.80. The molecule has 0 radical (unpaired) electrons. The average Bonchev–Trinajstić information content (AvgIpc) is 2.45. The van der Waals surface area contributed by atoms with Crippen LogP contribution in [0.4, 0.5) is 0 Å². The van der Waals surface area contributed by atoms with Gasteiger partial charge in [-0.3, -0.25) is 0 Å². The molecule has 1 aromatic heterocycles. The molecule has 0 bridgehead atoms. The molecular formula is C7H11NO3. The molecule has 1 N–H and O–H groups in total. The van der Waals surface area contributed by atoms with Crippen molar-refractivity contribution >= 4 is 0 Å². The quantitative estimate of drug-likeness (QED) is 0.712. The molecule has 0 atom stereocenters. The maximum absolute atomic E-state index is 5.02. The number of aromatic amines is 1. The van der Waals surface area contributed by atoms with Gasteiger partial charge in [-0.25, -0.2) is 0 Å². The van der Waals surface area contributed by atoms with Crippen molar-refractivity contribution in [3.8, 4) is 17.4 Å². The van der Waals surface area contributed by atoms with E-state index in [9.17, 15) is 0 Å². The number of hydrogen-bond donors (Lipinski definition) is 1. The van der Waals surface area contributed by atoms with Gasteiger partial charge in [0, 0.05) is 0 Å². The first kappa shape index (κ1) is 7.78. The highest BCUT2D eigenvalue weighted by Gasteiger charge is 2.11. The van der Waals surface area contributed by atoms with E-state index in [-0.39, 0.29) is 0 Å². The van der Waals surface area contributed by atoms with Crippen LogP contribution in [-0.4, -0.2) is 26.3 Å². The molecule has 1 heterocycles. The van der Waals surface area contributed by atoms with Gasteiger partial charge in [-0.2, -0.15) is 0 Å². The summed E-state index contributed by atoms with van der Waals surface area (Å²) in [6.07, 6.45) is 1.68. The Morgan fingerprint density at radius 3 is 2.27 bits per heavy atom. The minimum absolute atomic E-state index is 0.573. The van der Waals surface area contributed by atoms with Gasteiger partial charge in [0.05, 0.1) is 27.5 Å². The van der Waals surface area contributed by atoms with Gasteiger partial charge in [0.15, 0.2) is 5.75 Å². The largest absolute Gasteiger partial charge is 0.491 e. The van der Waals surface area contributed by atoms with E-state index in [0.717, 1.165) is 0 Å². The van der Waals surface area contributed by atoms with Crippen molar-refractivity contribution < 1.29 is 14.2 Å². The summed E-state index contributed by atoms with van der Waals surface area (Å²) in [5, 5.41) is 0. The van der Waals surface area contributed by atoms with Gasteiger partial charge < -0.3 is 19.2 Å². The van der Waals surface area contributed by atoms with Gasteiger partial charge in [0.2, 0.25) is 11.6 Å². The summed E-state index contributed by atoms with van der Waals surface area (Å²) in [5.41, 5.74) is 0. The molecule has 62 valence electrons. The molecule has 0 saturated heterocycles. The second kappa shape index (κ2) is 3.18. The molecule has 0 aromatic carbocycles. The SMILES string of the molecule is COc1c[nH]c(OC)c1OC. The van der Waals surface area contributed by atoms with Crippen LogP contribution < -0.4 is 14.2 Å². The first-order valence-electron chi connectivity index (χ1n) is 3.16. The Labute approximate surface area is 65.1 Å². The second-order valence-corrected chi connectivity index (χ2v) is 1.92. The molecule has 0 amide bonds. The zero-order valence-electron chi connectivity index (χ0n) is 6.80. The van der Waals surface area contributed by atoms with Crippen molar-refractivity contribution in [2.24, 2.45) is 0 Å². The van der Waals surface area contributed by atoms with Gasteiger partial charge in [0.25, 0.3) is 0 Å². The summed E-state index contributed by atoms with van der Waals surface area (Å²) in [5.74, 6) is 1.81. The molecule has 11 heavy (non-hydrogen) atoms. The predicted molar refractivity (Wildman–Crippen MR) is 40.4 cm³/mol. The molecule has 4 nitrogen and oxygen atoms in total. The Kier molecular flexibility index (Phi) is 2.25. The van der Waals surface area contributed by atoms with Gasteiger partial charge in [-0.1, -0.05) is 0 Å². The minimum Gasteiger partial charge on any atom is -0.491 e. The summed E-state index contributed by atoms with van der Waals surface area (Å²) in [4.78, 5) is 2.85. The van der Waals surface area contributed by atoms with Crippen LogP contribution in [0.5, 0.6) is 17.4 Å². The molecular weight excluding hydrogens is 146 g/mol. The summed E-state index contributed by atoms with van der Waals surface area (Å²) >= 11 is 0. The number of methoxy groups -OCH3 is 3. The Hall–Kier alpha value is -1.32. The second-order valence-electron chi connectivity index (χ2n) is 1.92. The number of rotatable bonds is 3. The van der Waals surface area contributed by atoms with Crippen LogP contribution >= 0.6 is 0 Å². The number of H-pyrrole nitrogens is 1. The molecule has 1 aromatic rings. The minimum atomic E-state index is 0.573. The van der Waals surface area contributed by atoms with Gasteiger partial charge in [-0.15, -0.1) is 0 Å². The van der Waals surface area contributed by atoms with Crippen LogP contribution in [0, 0.1) is 0 Å². The zero-order chi connectivity index (χ0) is 8.27.